The molecule has 0 saturated heterocycles. The van der Waals surface area contributed by atoms with Crippen LogP contribution in [0.1, 0.15) is 41.1 Å². The van der Waals surface area contributed by atoms with Gasteiger partial charge in [-0.1, -0.05) is 12.1 Å². The number of dihydropyridines is 1. The number of nitrogens with one attached hydrogen (secondary N) is 1. The summed E-state index contributed by atoms with van der Waals surface area (Å²) in [5.41, 5.74) is 2.15. The molecule has 11 heteroatoms. The number of amides is 2. The van der Waals surface area contributed by atoms with Crippen LogP contribution in [0.15, 0.2) is 51.3 Å². The molecule has 168 valence electrons. The van der Waals surface area contributed by atoms with E-state index in [0.29, 0.717) is 41.1 Å². The Morgan fingerprint density at radius 2 is 2.09 bits per heavy atom. The van der Waals surface area contributed by atoms with E-state index in [1.54, 1.807) is 17.9 Å². The third kappa shape index (κ3) is 4.23. The van der Waals surface area contributed by atoms with Gasteiger partial charge in [0.1, 0.15) is 11.6 Å². The topological polar surface area (TPSA) is 97.0 Å². The van der Waals surface area contributed by atoms with Gasteiger partial charge in [0.05, 0.1) is 18.8 Å². The van der Waals surface area contributed by atoms with Crippen molar-refractivity contribution in [3.8, 4) is 5.75 Å². The minimum Gasteiger partial charge on any atom is -0.438 e. The number of halogens is 3. The van der Waals surface area contributed by atoms with Crippen LogP contribution in [0, 0.1) is 6.92 Å². The Kier molecular flexibility index (Phi) is 5.49. The molecule has 0 fully saturated rings. The van der Waals surface area contributed by atoms with Crippen molar-refractivity contribution in [3.63, 3.8) is 0 Å². The first-order chi connectivity index (χ1) is 15.1. The highest BCUT2D eigenvalue weighted by Crippen LogP contribution is 2.34. The molecule has 1 N–H and O–H groups in total. The van der Waals surface area contributed by atoms with Crippen LogP contribution < -0.4 is 10.1 Å². The van der Waals surface area contributed by atoms with Crippen molar-refractivity contribution in [1.82, 2.24) is 15.2 Å². The van der Waals surface area contributed by atoms with Crippen LogP contribution in [0.3, 0.4) is 0 Å². The Morgan fingerprint density at radius 3 is 2.75 bits per heavy atom. The van der Waals surface area contributed by atoms with E-state index < -0.39 is 18.3 Å². The monoisotopic (exact) mass is 448 g/mol. The van der Waals surface area contributed by atoms with E-state index in [0.717, 1.165) is 6.39 Å². The number of amidine groups is 1. The Bertz CT molecular complexity index is 1120. The van der Waals surface area contributed by atoms with E-state index >= 15 is 0 Å². The van der Waals surface area contributed by atoms with E-state index in [9.17, 15) is 22.8 Å². The Hall–Kier alpha value is -3.63. The number of alkyl halides is 3. The minimum absolute atomic E-state index is 0.0200. The predicted molar refractivity (Wildman–Crippen MR) is 106 cm³/mol. The lowest BCUT2D eigenvalue weighted by Gasteiger charge is -2.26. The number of rotatable bonds is 4. The Morgan fingerprint density at radius 1 is 1.31 bits per heavy atom. The number of nitrogens with zero attached hydrogens (tertiary/aromatic N) is 3. The SMILES string of the molecule is Cc1cc(C(C)N2CC3=C(CCN=C3NC(=O)c3cnco3)C2=O)ccc1OC(F)(F)F. The maximum absolute atomic E-state index is 13.1. The smallest absolute Gasteiger partial charge is 0.438 e. The van der Waals surface area contributed by atoms with Crippen LogP contribution in [0.4, 0.5) is 13.2 Å². The number of carbonyl (C=O) groups is 2. The normalized spacial score (nSPS) is 17.2. The fourth-order valence-corrected chi connectivity index (χ4v) is 3.77. The van der Waals surface area contributed by atoms with Gasteiger partial charge in [-0.25, -0.2) is 4.98 Å². The molecule has 32 heavy (non-hydrogen) atoms. The molecule has 0 bridgehead atoms. The van der Waals surface area contributed by atoms with Crippen LogP contribution in [0.2, 0.25) is 0 Å². The minimum atomic E-state index is -4.78. The second-order valence-electron chi connectivity index (χ2n) is 7.44. The summed E-state index contributed by atoms with van der Waals surface area (Å²) in [4.78, 5) is 35.0. The van der Waals surface area contributed by atoms with Gasteiger partial charge in [0.2, 0.25) is 5.76 Å². The fraction of sp³-hybridized carbons (Fsp3) is 0.333. The number of hydrogen-bond donors (Lipinski definition) is 1. The molecule has 0 aliphatic carbocycles. The summed E-state index contributed by atoms with van der Waals surface area (Å²) < 4.78 is 46.6. The molecule has 2 aliphatic heterocycles. The third-order valence-corrected chi connectivity index (χ3v) is 5.39. The average Bonchev–Trinajstić information content (AvgIpc) is 3.37. The van der Waals surface area contributed by atoms with Crippen LogP contribution in [0.25, 0.3) is 0 Å². The number of ether oxygens (including phenoxy) is 1. The molecule has 1 aromatic carbocycles. The summed E-state index contributed by atoms with van der Waals surface area (Å²) in [5, 5.41) is 2.67. The molecule has 0 saturated carbocycles. The maximum atomic E-state index is 13.1. The number of carbonyl (C=O) groups excluding carboxylic acids is 2. The lowest BCUT2D eigenvalue weighted by Crippen LogP contribution is -2.35. The highest BCUT2D eigenvalue weighted by molar-refractivity contribution is 6.17. The van der Waals surface area contributed by atoms with Gasteiger partial charge in [-0.05, 0) is 37.5 Å². The Labute approximate surface area is 180 Å². The van der Waals surface area contributed by atoms with Gasteiger partial charge in [0, 0.05) is 17.7 Å². The standard InChI is InChI=1S/C21H19F3N4O4/c1-11-7-13(3-4-16(11)32-21(22,23)24)12(2)28-9-15-14(20(28)30)5-6-26-18(15)27-19(29)17-8-25-10-31-17/h3-4,7-8,10,12H,5-6,9H2,1-2H3,(H,26,27,29). The van der Waals surface area contributed by atoms with Gasteiger partial charge in [-0.15, -0.1) is 13.2 Å². The zero-order valence-electron chi connectivity index (χ0n) is 17.2. The first-order valence-corrected chi connectivity index (χ1v) is 9.78. The lowest BCUT2D eigenvalue weighted by atomic mass is 10.0. The second kappa shape index (κ2) is 8.13. The predicted octanol–water partition coefficient (Wildman–Crippen LogP) is 3.31. The number of oxazole rings is 1. The van der Waals surface area contributed by atoms with E-state index in [-0.39, 0.29) is 24.0 Å². The fourth-order valence-electron chi connectivity index (χ4n) is 3.77. The molecule has 0 radical (unpaired) electrons. The highest BCUT2D eigenvalue weighted by Gasteiger charge is 2.38. The lowest BCUT2D eigenvalue weighted by molar-refractivity contribution is -0.274. The molecule has 4 rings (SSSR count). The van der Waals surface area contributed by atoms with E-state index in [2.05, 4.69) is 20.0 Å². The summed E-state index contributed by atoms with van der Waals surface area (Å²) >= 11 is 0. The number of aliphatic imine (C=N–C) groups is 1. The van der Waals surface area contributed by atoms with Gasteiger partial charge in [-0.2, -0.15) is 0 Å². The van der Waals surface area contributed by atoms with Crippen molar-refractivity contribution in [2.75, 3.05) is 13.1 Å². The van der Waals surface area contributed by atoms with Crippen molar-refractivity contribution >= 4 is 17.6 Å². The quantitative estimate of drug-likeness (QED) is 0.774. The summed E-state index contributed by atoms with van der Waals surface area (Å²) in [6.07, 6.45) is -1.93. The van der Waals surface area contributed by atoms with Gasteiger partial charge >= 0.3 is 6.36 Å². The van der Waals surface area contributed by atoms with Gasteiger partial charge in [-0.3, -0.25) is 14.6 Å². The molecule has 2 aromatic rings. The molecule has 8 nitrogen and oxygen atoms in total. The summed E-state index contributed by atoms with van der Waals surface area (Å²) in [6, 6.07) is 3.90. The van der Waals surface area contributed by atoms with Crippen molar-refractivity contribution < 1.29 is 31.9 Å². The zero-order chi connectivity index (χ0) is 23.0. The number of aryl methyl sites for hydroxylation is 1. The second-order valence-corrected chi connectivity index (χ2v) is 7.44. The number of hydrogen-bond acceptors (Lipinski definition) is 6. The van der Waals surface area contributed by atoms with Crippen LogP contribution in [0.5, 0.6) is 5.75 Å². The first kappa shape index (κ1) is 21.6. The molecule has 2 aliphatic rings. The molecule has 3 heterocycles. The summed E-state index contributed by atoms with van der Waals surface area (Å²) in [5.74, 6) is -0.678. The largest absolute Gasteiger partial charge is 0.573 e. The van der Waals surface area contributed by atoms with Crippen LogP contribution >= 0.6 is 0 Å². The number of benzene rings is 1. The first-order valence-electron chi connectivity index (χ1n) is 9.78. The Balaban J connectivity index is 1.51. The third-order valence-electron chi connectivity index (χ3n) is 5.39. The molecule has 1 unspecified atom stereocenters. The summed E-state index contributed by atoms with van der Waals surface area (Å²) in [6.45, 7) is 3.86. The van der Waals surface area contributed by atoms with E-state index in [4.69, 9.17) is 4.42 Å². The molecule has 0 spiro atoms. The number of aromatic nitrogens is 1. The summed E-state index contributed by atoms with van der Waals surface area (Å²) in [7, 11) is 0. The molecule has 2 amide bonds. The van der Waals surface area contributed by atoms with Crippen molar-refractivity contribution in [2.45, 2.75) is 32.7 Å². The van der Waals surface area contributed by atoms with Crippen molar-refractivity contribution in [1.29, 1.82) is 0 Å². The highest BCUT2D eigenvalue weighted by atomic mass is 19.4. The maximum Gasteiger partial charge on any atom is 0.573 e. The van der Waals surface area contributed by atoms with Crippen LogP contribution in [-0.4, -0.2) is 47.0 Å². The molecular weight excluding hydrogens is 429 g/mol. The van der Waals surface area contributed by atoms with E-state index in [1.165, 1.54) is 25.3 Å². The molecular formula is C21H19F3N4O4. The van der Waals surface area contributed by atoms with Gasteiger partial charge in [0.15, 0.2) is 6.39 Å². The van der Waals surface area contributed by atoms with Gasteiger partial charge < -0.3 is 19.4 Å². The van der Waals surface area contributed by atoms with Crippen molar-refractivity contribution in [3.05, 3.63) is 58.8 Å². The molecule has 1 aromatic heterocycles. The van der Waals surface area contributed by atoms with Crippen molar-refractivity contribution in [2.24, 2.45) is 4.99 Å². The average molecular weight is 448 g/mol. The van der Waals surface area contributed by atoms with Gasteiger partial charge in [0.25, 0.3) is 11.8 Å². The molecule has 1 atom stereocenters. The van der Waals surface area contributed by atoms with E-state index in [1.807, 2.05) is 0 Å². The zero-order valence-corrected chi connectivity index (χ0v) is 17.2. The van der Waals surface area contributed by atoms with Crippen LogP contribution in [-0.2, 0) is 4.79 Å².